The molecule has 0 aliphatic carbocycles. The molecule has 2 aromatic carbocycles. The van der Waals surface area contributed by atoms with E-state index in [4.69, 9.17) is 4.74 Å². The minimum absolute atomic E-state index is 0.481. The lowest BCUT2D eigenvalue weighted by Crippen LogP contribution is -1.95. The number of aromatic nitrogens is 4. The molecule has 0 radical (unpaired) electrons. The zero-order valence-electron chi connectivity index (χ0n) is 15.0. The van der Waals surface area contributed by atoms with Gasteiger partial charge in [0.05, 0.1) is 5.69 Å². The Bertz CT molecular complexity index is 1030. The summed E-state index contributed by atoms with van der Waals surface area (Å²) >= 11 is 3.17. The highest BCUT2D eigenvalue weighted by atomic mass is 32.2. The Morgan fingerprint density at radius 2 is 1.75 bits per heavy atom. The third-order valence-corrected chi connectivity index (χ3v) is 5.52. The van der Waals surface area contributed by atoms with Crippen molar-refractivity contribution in [2.75, 3.05) is 0 Å². The Morgan fingerprint density at radius 1 is 0.964 bits per heavy atom. The van der Waals surface area contributed by atoms with Gasteiger partial charge in [-0.2, -0.15) is 0 Å². The normalized spacial score (nSPS) is 11.1. The first kappa shape index (κ1) is 18.5. The van der Waals surface area contributed by atoms with E-state index in [-0.39, 0.29) is 0 Å². The average molecular weight is 407 g/mol. The van der Waals surface area contributed by atoms with E-state index in [2.05, 4.69) is 25.5 Å². The second kappa shape index (κ2) is 9.34. The number of rotatable bonds is 8. The number of benzene rings is 2. The number of nitrogens with zero attached hydrogens (tertiary/aromatic N) is 3. The fourth-order valence-electron chi connectivity index (χ4n) is 2.42. The SMILES string of the molecule is C(=C\c1nc(SCc2csc(COc3ccccc3)n2)n[nH]1)/c1ccccc1. The first-order valence-electron chi connectivity index (χ1n) is 8.74. The molecule has 0 aliphatic heterocycles. The lowest BCUT2D eigenvalue weighted by Gasteiger charge is -2.02. The van der Waals surface area contributed by atoms with E-state index in [9.17, 15) is 0 Å². The minimum Gasteiger partial charge on any atom is -0.486 e. The fourth-order valence-corrected chi connectivity index (χ4v) is 3.93. The number of aromatic amines is 1. The summed E-state index contributed by atoms with van der Waals surface area (Å²) in [5.41, 5.74) is 2.13. The van der Waals surface area contributed by atoms with E-state index in [0.717, 1.165) is 33.6 Å². The van der Waals surface area contributed by atoms with E-state index in [1.54, 1.807) is 23.1 Å². The largest absolute Gasteiger partial charge is 0.486 e. The van der Waals surface area contributed by atoms with E-state index in [1.807, 2.05) is 72.8 Å². The molecular formula is C21H18N4OS2. The highest BCUT2D eigenvalue weighted by Gasteiger charge is 2.07. The predicted molar refractivity (Wildman–Crippen MR) is 114 cm³/mol. The maximum absolute atomic E-state index is 5.74. The molecule has 4 rings (SSSR count). The molecule has 4 aromatic rings. The van der Waals surface area contributed by atoms with Crippen LogP contribution in [-0.2, 0) is 12.4 Å². The van der Waals surface area contributed by atoms with Crippen molar-refractivity contribution >= 4 is 35.3 Å². The molecule has 0 unspecified atom stereocenters. The lowest BCUT2D eigenvalue weighted by atomic mass is 10.2. The van der Waals surface area contributed by atoms with E-state index in [1.165, 1.54) is 0 Å². The highest BCUT2D eigenvalue weighted by Crippen LogP contribution is 2.22. The van der Waals surface area contributed by atoms with Crippen LogP contribution in [0.15, 0.2) is 71.2 Å². The Morgan fingerprint density at radius 3 is 2.57 bits per heavy atom. The van der Waals surface area contributed by atoms with Gasteiger partial charge in [0, 0.05) is 11.1 Å². The number of thiazole rings is 1. The summed E-state index contributed by atoms with van der Waals surface area (Å²) in [6.07, 6.45) is 3.93. The number of H-pyrrole nitrogens is 1. The maximum atomic E-state index is 5.74. The summed E-state index contributed by atoms with van der Waals surface area (Å²) in [6.45, 7) is 0.481. The number of thioether (sulfide) groups is 1. The van der Waals surface area contributed by atoms with Gasteiger partial charge in [0.15, 0.2) is 0 Å². The van der Waals surface area contributed by atoms with Gasteiger partial charge in [0.2, 0.25) is 5.16 Å². The molecule has 0 atom stereocenters. The second-order valence-corrected chi connectivity index (χ2v) is 7.76. The van der Waals surface area contributed by atoms with Crippen LogP contribution in [0.25, 0.3) is 12.2 Å². The summed E-state index contributed by atoms with van der Waals surface area (Å²) in [4.78, 5) is 9.10. The molecular weight excluding hydrogens is 388 g/mol. The summed E-state index contributed by atoms with van der Waals surface area (Å²) in [7, 11) is 0. The molecule has 0 bridgehead atoms. The topological polar surface area (TPSA) is 63.7 Å². The van der Waals surface area contributed by atoms with Gasteiger partial charge in [-0.1, -0.05) is 66.4 Å². The number of ether oxygens (including phenoxy) is 1. The molecule has 5 nitrogen and oxygen atoms in total. The van der Waals surface area contributed by atoms with Crippen molar-refractivity contribution in [2.24, 2.45) is 0 Å². The molecule has 0 saturated carbocycles. The predicted octanol–water partition coefficient (Wildman–Crippen LogP) is 5.30. The van der Waals surface area contributed by atoms with Gasteiger partial charge < -0.3 is 4.74 Å². The fraction of sp³-hybridized carbons (Fsp3) is 0.0952. The maximum Gasteiger partial charge on any atom is 0.209 e. The van der Waals surface area contributed by atoms with Crippen LogP contribution in [0.5, 0.6) is 5.75 Å². The first-order valence-corrected chi connectivity index (χ1v) is 10.6. The molecule has 1 N–H and O–H groups in total. The Balaban J connectivity index is 1.27. The lowest BCUT2D eigenvalue weighted by molar-refractivity contribution is 0.305. The molecule has 140 valence electrons. The van der Waals surface area contributed by atoms with Crippen molar-refractivity contribution in [3.05, 3.63) is 88.1 Å². The number of hydrogen-bond donors (Lipinski definition) is 1. The molecule has 0 amide bonds. The number of para-hydroxylation sites is 1. The van der Waals surface area contributed by atoms with E-state index < -0.39 is 0 Å². The average Bonchev–Trinajstić information content (AvgIpc) is 3.40. The van der Waals surface area contributed by atoms with Crippen LogP contribution >= 0.6 is 23.1 Å². The van der Waals surface area contributed by atoms with Gasteiger partial charge in [-0.3, -0.25) is 5.10 Å². The van der Waals surface area contributed by atoms with Crippen molar-refractivity contribution in [2.45, 2.75) is 17.5 Å². The van der Waals surface area contributed by atoms with Crippen molar-refractivity contribution in [3.8, 4) is 5.75 Å². The zero-order chi connectivity index (χ0) is 19.0. The van der Waals surface area contributed by atoms with Crippen molar-refractivity contribution in [1.82, 2.24) is 20.2 Å². The monoisotopic (exact) mass is 406 g/mol. The first-order chi connectivity index (χ1) is 13.8. The van der Waals surface area contributed by atoms with Crippen molar-refractivity contribution in [3.63, 3.8) is 0 Å². The van der Waals surface area contributed by atoms with Gasteiger partial charge >= 0.3 is 0 Å². The van der Waals surface area contributed by atoms with Crippen LogP contribution in [0, 0.1) is 0 Å². The van der Waals surface area contributed by atoms with Gasteiger partial charge in [-0.05, 0) is 23.8 Å². The van der Waals surface area contributed by atoms with Crippen LogP contribution in [0.4, 0.5) is 0 Å². The highest BCUT2D eigenvalue weighted by molar-refractivity contribution is 7.98. The standard InChI is InChI=1S/C21H18N4OS2/c1-3-7-16(8-4-1)11-12-19-23-21(25-24-19)28-15-17-14-27-20(22-17)13-26-18-9-5-2-6-10-18/h1-12,14H,13,15H2,(H,23,24,25)/b12-11+. The van der Waals surface area contributed by atoms with Crippen LogP contribution in [0.2, 0.25) is 0 Å². The summed E-state index contributed by atoms with van der Waals surface area (Å²) in [5, 5.41) is 10.9. The molecule has 0 spiro atoms. The molecule has 0 saturated heterocycles. The quantitative estimate of drug-likeness (QED) is 0.402. The third kappa shape index (κ3) is 5.31. The Hall–Kier alpha value is -2.90. The van der Waals surface area contributed by atoms with Crippen LogP contribution < -0.4 is 4.74 Å². The van der Waals surface area contributed by atoms with Crippen molar-refractivity contribution < 1.29 is 4.74 Å². The van der Waals surface area contributed by atoms with Gasteiger partial charge in [0.25, 0.3) is 0 Å². The number of nitrogens with one attached hydrogen (secondary N) is 1. The van der Waals surface area contributed by atoms with Crippen LogP contribution in [-0.4, -0.2) is 20.2 Å². The van der Waals surface area contributed by atoms with E-state index >= 15 is 0 Å². The number of hydrogen-bond acceptors (Lipinski definition) is 6. The molecule has 0 aliphatic rings. The minimum atomic E-state index is 0.481. The Kier molecular flexibility index (Phi) is 6.16. The molecule has 28 heavy (non-hydrogen) atoms. The summed E-state index contributed by atoms with van der Waals surface area (Å²) in [6, 6.07) is 19.9. The molecule has 7 heteroatoms. The molecule has 2 heterocycles. The smallest absolute Gasteiger partial charge is 0.209 e. The Labute approximate surface area is 171 Å². The molecule has 0 fully saturated rings. The van der Waals surface area contributed by atoms with Gasteiger partial charge in [-0.15, -0.1) is 16.4 Å². The second-order valence-electron chi connectivity index (χ2n) is 5.87. The van der Waals surface area contributed by atoms with Crippen LogP contribution in [0.1, 0.15) is 22.1 Å². The van der Waals surface area contributed by atoms with Crippen molar-refractivity contribution in [1.29, 1.82) is 0 Å². The third-order valence-electron chi connectivity index (χ3n) is 3.77. The van der Waals surface area contributed by atoms with Gasteiger partial charge in [0.1, 0.15) is 23.2 Å². The molecule has 2 aromatic heterocycles. The van der Waals surface area contributed by atoms with Gasteiger partial charge in [-0.25, -0.2) is 9.97 Å². The van der Waals surface area contributed by atoms with E-state index in [0.29, 0.717) is 11.8 Å². The summed E-state index contributed by atoms with van der Waals surface area (Å²) < 4.78 is 5.74. The van der Waals surface area contributed by atoms with Crippen LogP contribution in [0.3, 0.4) is 0 Å². The zero-order valence-corrected chi connectivity index (χ0v) is 16.6. The summed E-state index contributed by atoms with van der Waals surface area (Å²) in [5.74, 6) is 2.31.